The SMILES string of the molecule is CCOc1ccccc1N(CC(=O)N(Cc1ccccc1Cl)[C@@H](CC)C(=O)NC1CCCCC1)S(=O)(=O)c1ccc(SC)cc1. The van der Waals surface area contributed by atoms with E-state index in [1.807, 2.05) is 26.2 Å². The van der Waals surface area contributed by atoms with E-state index in [0.29, 0.717) is 29.4 Å². The normalized spacial score (nSPS) is 14.4. The zero-order valence-electron chi connectivity index (χ0n) is 26.1. The Morgan fingerprint density at radius 2 is 1.64 bits per heavy atom. The van der Waals surface area contributed by atoms with E-state index in [1.54, 1.807) is 54.6 Å². The fourth-order valence-corrected chi connectivity index (χ4v) is 7.63. The molecule has 0 radical (unpaired) electrons. The number of thioether (sulfide) groups is 1. The fourth-order valence-electron chi connectivity index (χ4n) is 5.60. The summed E-state index contributed by atoms with van der Waals surface area (Å²) in [5.41, 5.74) is 0.896. The predicted molar refractivity (Wildman–Crippen MR) is 181 cm³/mol. The molecule has 4 rings (SSSR count). The number of hydrogen-bond acceptors (Lipinski definition) is 6. The van der Waals surface area contributed by atoms with E-state index in [4.69, 9.17) is 16.3 Å². The van der Waals surface area contributed by atoms with Crippen molar-refractivity contribution < 1.29 is 22.7 Å². The largest absolute Gasteiger partial charge is 0.492 e. The number of para-hydroxylation sites is 2. The third-order valence-electron chi connectivity index (χ3n) is 8.00. The molecule has 1 aliphatic carbocycles. The maximum absolute atomic E-state index is 14.4. The smallest absolute Gasteiger partial charge is 0.264 e. The van der Waals surface area contributed by atoms with Gasteiger partial charge in [0.25, 0.3) is 10.0 Å². The lowest BCUT2D eigenvalue weighted by atomic mass is 9.95. The molecule has 0 saturated heterocycles. The summed E-state index contributed by atoms with van der Waals surface area (Å²) in [6, 6.07) is 19.7. The van der Waals surface area contributed by atoms with Crippen LogP contribution in [0.1, 0.15) is 57.9 Å². The average Bonchev–Trinajstić information content (AvgIpc) is 3.05. The second kappa shape index (κ2) is 16.4. The van der Waals surface area contributed by atoms with Crippen molar-refractivity contribution >= 4 is 50.9 Å². The molecule has 1 saturated carbocycles. The van der Waals surface area contributed by atoms with Crippen LogP contribution >= 0.6 is 23.4 Å². The zero-order chi connectivity index (χ0) is 32.4. The Hall–Kier alpha value is -3.21. The minimum Gasteiger partial charge on any atom is -0.492 e. The number of benzene rings is 3. The highest BCUT2D eigenvalue weighted by Gasteiger charge is 2.35. The van der Waals surface area contributed by atoms with Gasteiger partial charge in [0.2, 0.25) is 11.8 Å². The van der Waals surface area contributed by atoms with Crippen LogP contribution in [-0.2, 0) is 26.2 Å². The van der Waals surface area contributed by atoms with E-state index >= 15 is 0 Å². The van der Waals surface area contributed by atoms with E-state index in [0.717, 1.165) is 41.3 Å². The third kappa shape index (κ3) is 8.74. The highest BCUT2D eigenvalue weighted by Crippen LogP contribution is 2.33. The molecule has 3 aromatic rings. The summed E-state index contributed by atoms with van der Waals surface area (Å²) in [6.07, 6.45) is 7.30. The van der Waals surface area contributed by atoms with Crippen molar-refractivity contribution in [2.75, 3.05) is 23.7 Å². The van der Waals surface area contributed by atoms with Gasteiger partial charge in [0.1, 0.15) is 18.3 Å². The van der Waals surface area contributed by atoms with Crippen LogP contribution in [-0.4, -0.2) is 56.6 Å². The van der Waals surface area contributed by atoms with Gasteiger partial charge in [-0.2, -0.15) is 0 Å². The topological polar surface area (TPSA) is 96.0 Å². The van der Waals surface area contributed by atoms with Crippen LogP contribution < -0.4 is 14.4 Å². The average molecular weight is 672 g/mol. The van der Waals surface area contributed by atoms with Crippen LogP contribution in [0.15, 0.2) is 82.6 Å². The third-order valence-corrected chi connectivity index (χ3v) is 10.9. The first kappa shape index (κ1) is 34.7. The van der Waals surface area contributed by atoms with Gasteiger partial charge >= 0.3 is 0 Å². The van der Waals surface area contributed by atoms with Gasteiger partial charge in [-0.3, -0.25) is 13.9 Å². The molecule has 0 spiro atoms. The Bertz CT molecular complexity index is 1550. The van der Waals surface area contributed by atoms with E-state index in [2.05, 4.69) is 5.32 Å². The van der Waals surface area contributed by atoms with Gasteiger partial charge in [0.05, 0.1) is 17.2 Å². The van der Waals surface area contributed by atoms with Crippen LogP contribution in [0.4, 0.5) is 5.69 Å². The van der Waals surface area contributed by atoms with Crippen molar-refractivity contribution in [2.45, 2.75) is 80.8 Å². The highest BCUT2D eigenvalue weighted by atomic mass is 35.5. The summed E-state index contributed by atoms with van der Waals surface area (Å²) in [5, 5.41) is 3.62. The summed E-state index contributed by atoms with van der Waals surface area (Å²) in [6.45, 7) is 3.46. The molecule has 0 aromatic heterocycles. The Labute approximate surface area is 276 Å². The molecule has 45 heavy (non-hydrogen) atoms. The predicted octanol–water partition coefficient (Wildman–Crippen LogP) is 6.91. The second-order valence-electron chi connectivity index (χ2n) is 11.0. The van der Waals surface area contributed by atoms with E-state index in [1.165, 1.54) is 28.8 Å². The van der Waals surface area contributed by atoms with Crippen molar-refractivity contribution in [3.05, 3.63) is 83.4 Å². The van der Waals surface area contributed by atoms with Gasteiger partial charge in [0.15, 0.2) is 0 Å². The molecule has 2 amide bonds. The lowest BCUT2D eigenvalue weighted by Gasteiger charge is -2.35. The first-order valence-electron chi connectivity index (χ1n) is 15.4. The maximum atomic E-state index is 14.4. The van der Waals surface area contributed by atoms with Gasteiger partial charge in [-0.15, -0.1) is 11.8 Å². The summed E-state index contributed by atoms with van der Waals surface area (Å²) >= 11 is 8.03. The first-order chi connectivity index (χ1) is 21.7. The number of halogens is 1. The van der Waals surface area contributed by atoms with Crippen LogP contribution in [0, 0.1) is 0 Å². The molecular weight excluding hydrogens is 630 g/mol. The van der Waals surface area contributed by atoms with Crippen molar-refractivity contribution in [2.24, 2.45) is 0 Å². The van der Waals surface area contributed by atoms with E-state index < -0.39 is 28.5 Å². The van der Waals surface area contributed by atoms with Crippen LogP contribution in [0.2, 0.25) is 5.02 Å². The molecule has 0 aliphatic heterocycles. The number of nitrogens with one attached hydrogen (secondary N) is 1. The lowest BCUT2D eigenvalue weighted by Crippen LogP contribution is -2.54. The van der Waals surface area contributed by atoms with Gasteiger partial charge in [-0.25, -0.2) is 8.42 Å². The number of hydrogen-bond donors (Lipinski definition) is 1. The number of nitrogens with zero attached hydrogens (tertiary/aromatic N) is 2. The maximum Gasteiger partial charge on any atom is 0.264 e. The summed E-state index contributed by atoms with van der Waals surface area (Å²) < 4.78 is 35.5. The fraction of sp³-hybridized carbons (Fsp3) is 0.412. The van der Waals surface area contributed by atoms with E-state index in [9.17, 15) is 18.0 Å². The number of rotatable bonds is 14. The summed E-state index contributed by atoms with van der Waals surface area (Å²) in [5.74, 6) is -0.449. The number of carbonyl (C=O) groups is 2. The molecule has 1 N–H and O–H groups in total. The Morgan fingerprint density at radius 3 is 2.29 bits per heavy atom. The van der Waals surface area contributed by atoms with Crippen molar-refractivity contribution in [1.29, 1.82) is 0 Å². The van der Waals surface area contributed by atoms with Gasteiger partial charge < -0.3 is 15.0 Å². The highest BCUT2D eigenvalue weighted by molar-refractivity contribution is 7.98. The molecule has 0 bridgehead atoms. The quantitative estimate of drug-likeness (QED) is 0.187. The molecule has 1 atom stereocenters. The molecule has 11 heteroatoms. The number of anilines is 1. The number of amides is 2. The first-order valence-corrected chi connectivity index (χ1v) is 18.5. The molecule has 1 aliphatic rings. The van der Waals surface area contributed by atoms with Crippen LogP contribution in [0.25, 0.3) is 0 Å². The second-order valence-corrected chi connectivity index (χ2v) is 14.1. The minimum absolute atomic E-state index is 0.0402. The molecule has 8 nitrogen and oxygen atoms in total. The van der Waals surface area contributed by atoms with Crippen molar-refractivity contribution in [1.82, 2.24) is 10.2 Å². The molecule has 0 unspecified atom stereocenters. The summed E-state index contributed by atoms with van der Waals surface area (Å²) in [7, 11) is -4.23. The van der Waals surface area contributed by atoms with Gasteiger partial charge in [-0.05, 0) is 80.5 Å². The van der Waals surface area contributed by atoms with Crippen molar-refractivity contribution in [3.8, 4) is 5.75 Å². The molecule has 0 heterocycles. The molecular formula is C34H42ClN3O5S2. The minimum atomic E-state index is -4.23. The zero-order valence-corrected chi connectivity index (χ0v) is 28.5. The Morgan fingerprint density at radius 1 is 0.978 bits per heavy atom. The number of carbonyl (C=O) groups excluding carboxylic acids is 2. The molecule has 1 fully saturated rings. The Kier molecular flexibility index (Phi) is 12.6. The van der Waals surface area contributed by atoms with Crippen LogP contribution in [0.3, 0.4) is 0 Å². The van der Waals surface area contributed by atoms with Gasteiger partial charge in [0, 0.05) is 22.5 Å². The number of sulfonamides is 1. The van der Waals surface area contributed by atoms with Crippen molar-refractivity contribution in [3.63, 3.8) is 0 Å². The molecule has 3 aromatic carbocycles. The summed E-state index contributed by atoms with van der Waals surface area (Å²) in [4.78, 5) is 30.6. The van der Waals surface area contributed by atoms with Crippen LogP contribution in [0.5, 0.6) is 5.75 Å². The Balaban J connectivity index is 1.75. The number of ether oxygens (including phenoxy) is 1. The molecule has 242 valence electrons. The monoisotopic (exact) mass is 671 g/mol. The standard InChI is InChI=1S/C34H42ClN3O5S2/c1-4-30(34(40)36-26-14-7-6-8-15-26)37(23-25-13-9-10-16-29(25)35)33(39)24-38(31-17-11-12-18-32(31)43-5-2)45(41,42)28-21-19-27(44-3)20-22-28/h9-13,16-22,26,30H,4-8,14-15,23-24H2,1-3H3,(H,36,40)/t30-/m0/s1. The van der Waals surface area contributed by atoms with E-state index in [-0.39, 0.29) is 29.1 Å². The van der Waals surface area contributed by atoms with Gasteiger partial charge in [-0.1, -0.05) is 68.1 Å². The lowest BCUT2D eigenvalue weighted by molar-refractivity contribution is -0.140.